The fourth-order valence-corrected chi connectivity index (χ4v) is 2.33. The van der Waals surface area contributed by atoms with Crippen molar-refractivity contribution in [1.82, 2.24) is 10.6 Å². The van der Waals surface area contributed by atoms with Crippen LogP contribution in [0.15, 0.2) is 12.1 Å². The molecule has 1 aliphatic heterocycles. The Bertz CT molecular complexity index is 487. The van der Waals surface area contributed by atoms with Gasteiger partial charge in [-0.25, -0.2) is 0 Å². The zero-order valence-corrected chi connectivity index (χ0v) is 11.4. The lowest BCUT2D eigenvalue weighted by atomic mass is 10.1. The molecule has 0 atom stereocenters. The predicted molar refractivity (Wildman–Crippen MR) is 74.0 cm³/mol. The van der Waals surface area contributed by atoms with Gasteiger partial charge < -0.3 is 20.5 Å². The highest BCUT2D eigenvalue weighted by atomic mass is 16.6. The van der Waals surface area contributed by atoms with Crippen LogP contribution in [0, 0.1) is 10.1 Å². The summed E-state index contributed by atoms with van der Waals surface area (Å²) in [6.45, 7) is 2.48. The summed E-state index contributed by atoms with van der Waals surface area (Å²) >= 11 is 0. The van der Waals surface area contributed by atoms with Gasteiger partial charge in [-0.05, 0) is 37.6 Å². The summed E-state index contributed by atoms with van der Waals surface area (Å²) in [5.41, 5.74) is 0.399. The van der Waals surface area contributed by atoms with Gasteiger partial charge in [0.1, 0.15) is 0 Å². The van der Waals surface area contributed by atoms with E-state index in [4.69, 9.17) is 4.74 Å². The van der Waals surface area contributed by atoms with Crippen molar-refractivity contribution in [2.75, 3.05) is 20.2 Å². The van der Waals surface area contributed by atoms with Crippen molar-refractivity contribution in [1.29, 1.82) is 0 Å². The molecule has 20 heavy (non-hydrogen) atoms. The molecular weight excluding hydrogens is 262 g/mol. The summed E-state index contributed by atoms with van der Waals surface area (Å²) < 4.78 is 4.98. The smallest absolute Gasteiger partial charge is 0.314 e. The minimum Gasteiger partial charge on any atom is -0.500 e. The molecule has 0 amide bonds. The van der Waals surface area contributed by atoms with E-state index in [2.05, 4.69) is 10.6 Å². The van der Waals surface area contributed by atoms with Crippen molar-refractivity contribution in [3.8, 4) is 11.5 Å². The number of nitrogens with zero attached hydrogens (tertiary/aromatic N) is 1. The van der Waals surface area contributed by atoms with E-state index in [-0.39, 0.29) is 11.4 Å². The van der Waals surface area contributed by atoms with Gasteiger partial charge in [0, 0.05) is 18.7 Å². The van der Waals surface area contributed by atoms with Gasteiger partial charge in [-0.1, -0.05) is 0 Å². The second kappa shape index (κ2) is 6.53. The van der Waals surface area contributed by atoms with E-state index in [9.17, 15) is 15.2 Å². The molecular formula is C13H19N3O4. The van der Waals surface area contributed by atoms with Gasteiger partial charge in [-0.15, -0.1) is 0 Å². The number of aromatic hydroxyl groups is 1. The molecule has 0 saturated carbocycles. The number of piperidine rings is 1. The fourth-order valence-electron chi connectivity index (χ4n) is 2.33. The van der Waals surface area contributed by atoms with Crippen molar-refractivity contribution in [2.24, 2.45) is 0 Å². The van der Waals surface area contributed by atoms with Crippen molar-refractivity contribution in [2.45, 2.75) is 25.4 Å². The summed E-state index contributed by atoms with van der Waals surface area (Å²) in [4.78, 5) is 10.3. The molecule has 2 rings (SSSR count). The van der Waals surface area contributed by atoms with Crippen molar-refractivity contribution in [3.05, 3.63) is 27.8 Å². The topological polar surface area (TPSA) is 96.7 Å². The summed E-state index contributed by atoms with van der Waals surface area (Å²) in [6.07, 6.45) is 2.08. The Balaban J connectivity index is 2.10. The number of ether oxygens (including phenoxy) is 1. The quantitative estimate of drug-likeness (QED) is 0.553. The number of methoxy groups -OCH3 is 1. The summed E-state index contributed by atoms with van der Waals surface area (Å²) in [5.74, 6) is -0.301. The van der Waals surface area contributed by atoms with E-state index in [1.807, 2.05) is 0 Å². The Morgan fingerprint density at radius 3 is 2.80 bits per heavy atom. The molecule has 1 aromatic rings. The Labute approximate surface area is 117 Å². The molecule has 7 nitrogen and oxygen atoms in total. The number of nitrogens with one attached hydrogen (secondary N) is 2. The lowest BCUT2D eigenvalue weighted by Gasteiger charge is -2.23. The van der Waals surface area contributed by atoms with Crippen LogP contribution in [0.3, 0.4) is 0 Å². The Hall–Kier alpha value is -1.86. The minimum absolute atomic E-state index is 0.126. The summed E-state index contributed by atoms with van der Waals surface area (Å²) in [5, 5.41) is 27.3. The summed E-state index contributed by atoms with van der Waals surface area (Å²) in [7, 11) is 1.38. The molecule has 0 radical (unpaired) electrons. The lowest BCUT2D eigenvalue weighted by molar-refractivity contribution is -0.386. The summed E-state index contributed by atoms with van der Waals surface area (Å²) in [6, 6.07) is 3.41. The van der Waals surface area contributed by atoms with Crippen LogP contribution in [-0.4, -0.2) is 36.3 Å². The van der Waals surface area contributed by atoms with Crippen LogP contribution >= 0.6 is 0 Å². The van der Waals surface area contributed by atoms with E-state index in [1.54, 1.807) is 6.07 Å². The number of hydrogen-bond donors (Lipinski definition) is 3. The van der Waals surface area contributed by atoms with E-state index >= 15 is 0 Å². The normalized spacial score (nSPS) is 16.1. The van der Waals surface area contributed by atoms with E-state index in [0.717, 1.165) is 31.5 Å². The van der Waals surface area contributed by atoms with Gasteiger partial charge in [0.2, 0.25) is 5.75 Å². The molecule has 7 heteroatoms. The fraction of sp³-hybridized carbons (Fsp3) is 0.538. The number of benzene rings is 1. The highest BCUT2D eigenvalue weighted by molar-refractivity contribution is 5.57. The molecule has 1 aliphatic rings. The Kier molecular flexibility index (Phi) is 4.75. The first kappa shape index (κ1) is 14.5. The molecule has 110 valence electrons. The molecule has 0 aromatic heterocycles. The number of nitro benzene ring substituents is 1. The minimum atomic E-state index is -0.605. The van der Waals surface area contributed by atoms with Crippen molar-refractivity contribution in [3.63, 3.8) is 0 Å². The zero-order chi connectivity index (χ0) is 14.5. The van der Waals surface area contributed by atoms with Crippen molar-refractivity contribution >= 4 is 5.69 Å². The third-order valence-corrected chi connectivity index (χ3v) is 3.47. The molecule has 0 unspecified atom stereocenters. The van der Waals surface area contributed by atoms with E-state index in [1.165, 1.54) is 13.2 Å². The molecule has 3 N–H and O–H groups in total. The molecule has 1 saturated heterocycles. The maximum absolute atomic E-state index is 10.9. The number of phenols is 1. The zero-order valence-electron chi connectivity index (χ0n) is 11.4. The SMILES string of the molecule is COc1cc(CNC2CCNCC2)cc([N+](=O)[O-])c1O. The van der Waals surface area contributed by atoms with Gasteiger partial charge in [-0.3, -0.25) is 10.1 Å². The molecule has 0 aliphatic carbocycles. The second-order valence-electron chi connectivity index (χ2n) is 4.83. The van der Waals surface area contributed by atoms with E-state index < -0.39 is 10.7 Å². The van der Waals surface area contributed by atoms with Crippen LogP contribution in [0.5, 0.6) is 11.5 Å². The number of hydrogen-bond acceptors (Lipinski definition) is 6. The maximum Gasteiger partial charge on any atom is 0.314 e. The van der Waals surface area contributed by atoms with Gasteiger partial charge in [0.15, 0.2) is 5.75 Å². The van der Waals surface area contributed by atoms with Crippen LogP contribution in [0.25, 0.3) is 0 Å². The van der Waals surface area contributed by atoms with Gasteiger partial charge in [0.05, 0.1) is 12.0 Å². The average Bonchev–Trinajstić information content (AvgIpc) is 2.47. The monoisotopic (exact) mass is 281 g/mol. The third-order valence-electron chi connectivity index (χ3n) is 3.47. The first-order chi connectivity index (χ1) is 9.61. The largest absolute Gasteiger partial charge is 0.500 e. The second-order valence-corrected chi connectivity index (χ2v) is 4.83. The molecule has 1 aromatic carbocycles. The van der Waals surface area contributed by atoms with Gasteiger partial charge >= 0.3 is 5.69 Å². The molecule has 1 fully saturated rings. The van der Waals surface area contributed by atoms with Crippen LogP contribution in [0.2, 0.25) is 0 Å². The number of rotatable bonds is 5. The highest BCUT2D eigenvalue weighted by Crippen LogP contribution is 2.36. The van der Waals surface area contributed by atoms with Crippen LogP contribution in [-0.2, 0) is 6.54 Å². The highest BCUT2D eigenvalue weighted by Gasteiger charge is 2.20. The standard InChI is InChI=1S/C13H19N3O4/c1-20-12-7-9(6-11(13(12)17)16(18)19)8-15-10-2-4-14-5-3-10/h6-7,10,14-15,17H,2-5,8H2,1H3. The number of phenolic OH excluding ortho intramolecular Hbond substituents is 1. The first-order valence-electron chi connectivity index (χ1n) is 6.60. The van der Waals surface area contributed by atoms with Crippen LogP contribution in [0.4, 0.5) is 5.69 Å². The molecule has 0 spiro atoms. The first-order valence-corrected chi connectivity index (χ1v) is 6.60. The van der Waals surface area contributed by atoms with Crippen LogP contribution in [0.1, 0.15) is 18.4 Å². The van der Waals surface area contributed by atoms with Crippen LogP contribution < -0.4 is 15.4 Å². The average molecular weight is 281 g/mol. The Morgan fingerprint density at radius 1 is 1.50 bits per heavy atom. The van der Waals surface area contributed by atoms with Crippen molar-refractivity contribution < 1.29 is 14.8 Å². The molecule has 1 heterocycles. The predicted octanol–water partition coefficient (Wildman–Crippen LogP) is 1.15. The van der Waals surface area contributed by atoms with Gasteiger partial charge in [0.25, 0.3) is 0 Å². The molecule has 0 bridgehead atoms. The lowest BCUT2D eigenvalue weighted by Crippen LogP contribution is -2.39. The van der Waals surface area contributed by atoms with Gasteiger partial charge in [-0.2, -0.15) is 0 Å². The third kappa shape index (κ3) is 3.37. The maximum atomic E-state index is 10.9. The Morgan fingerprint density at radius 2 is 2.20 bits per heavy atom. The van der Waals surface area contributed by atoms with E-state index in [0.29, 0.717) is 12.6 Å². The number of nitro groups is 1.